The Bertz CT molecular complexity index is 769. The number of ether oxygens (including phenoxy) is 3. The highest BCUT2D eigenvalue weighted by molar-refractivity contribution is 7.89. The Kier molecular flexibility index (Phi) is 7.50. The highest BCUT2D eigenvalue weighted by Crippen LogP contribution is 2.27. The van der Waals surface area contributed by atoms with Crippen molar-refractivity contribution in [3.63, 3.8) is 0 Å². The van der Waals surface area contributed by atoms with Crippen LogP contribution in [0.5, 0.6) is 5.75 Å². The Balaban J connectivity index is 1.68. The van der Waals surface area contributed by atoms with Gasteiger partial charge in [0.2, 0.25) is 15.9 Å². The number of piperidine rings is 1. The van der Waals surface area contributed by atoms with Gasteiger partial charge in [-0.05, 0) is 49.9 Å². The third-order valence-corrected chi connectivity index (χ3v) is 7.57. The topological polar surface area (TPSA) is 85.4 Å². The van der Waals surface area contributed by atoms with Gasteiger partial charge in [-0.3, -0.25) is 4.79 Å². The fourth-order valence-corrected chi connectivity index (χ4v) is 5.59. The van der Waals surface area contributed by atoms with Crippen LogP contribution in [0.25, 0.3) is 0 Å². The molecule has 0 spiro atoms. The Morgan fingerprint density at radius 1 is 1.07 bits per heavy atom. The first kappa shape index (κ1) is 22.0. The number of nitrogens with zero attached hydrogens (tertiary/aromatic N) is 2. The first-order valence-corrected chi connectivity index (χ1v) is 11.4. The number of sulfonamides is 1. The summed E-state index contributed by atoms with van der Waals surface area (Å²) in [7, 11) is -0.499. The monoisotopic (exact) mass is 426 g/mol. The van der Waals surface area contributed by atoms with Crippen molar-refractivity contribution in [3.05, 3.63) is 24.3 Å². The molecule has 1 amide bonds. The molecule has 2 aliphatic heterocycles. The number of carbonyl (C=O) groups excluding carboxylic acids is 1. The van der Waals surface area contributed by atoms with E-state index in [0.29, 0.717) is 44.9 Å². The quantitative estimate of drug-likeness (QED) is 0.657. The average molecular weight is 427 g/mol. The molecule has 0 radical (unpaired) electrons. The highest BCUT2D eigenvalue weighted by Gasteiger charge is 2.36. The van der Waals surface area contributed by atoms with Gasteiger partial charge < -0.3 is 19.1 Å². The lowest BCUT2D eigenvalue weighted by Crippen LogP contribution is -2.54. The molecule has 29 heavy (non-hydrogen) atoms. The van der Waals surface area contributed by atoms with E-state index in [4.69, 9.17) is 14.2 Å². The van der Waals surface area contributed by atoms with E-state index in [1.807, 2.05) is 4.90 Å². The van der Waals surface area contributed by atoms with E-state index >= 15 is 0 Å². The summed E-state index contributed by atoms with van der Waals surface area (Å²) in [5, 5.41) is 0. The predicted molar refractivity (Wildman–Crippen MR) is 107 cm³/mol. The average Bonchev–Trinajstić information content (AvgIpc) is 2.75. The Labute approximate surface area is 172 Å². The van der Waals surface area contributed by atoms with Gasteiger partial charge in [-0.2, -0.15) is 4.31 Å². The smallest absolute Gasteiger partial charge is 0.249 e. The molecule has 0 N–H and O–H groups in total. The second-order valence-electron chi connectivity index (χ2n) is 7.39. The number of rotatable bonds is 7. The molecule has 0 atom stereocenters. The standard InChI is InChI=1S/C20H30N2O6S/c1-26-15-20(23)22(17-9-13-28-14-10-17)16-7-11-21(12-8-16)29(24,25)19-5-3-18(27-2)4-6-19/h3-6,16-17H,7-15H2,1-2H3. The largest absolute Gasteiger partial charge is 0.497 e. The van der Waals surface area contributed by atoms with Crippen molar-refractivity contribution in [2.24, 2.45) is 0 Å². The van der Waals surface area contributed by atoms with Gasteiger partial charge in [0.25, 0.3) is 0 Å². The van der Waals surface area contributed by atoms with E-state index in [2.05, 4.69) is 0 Å². The summed E-state index contributed by atoms with van der Waals surface area (Å²) in [6, 6.07) is 6.57. The maximum Gasteiger partial charge on any atom is 0.249 e. The Morgan fingerprint density at radius 3 is 2.21 bits per heavy atom. The van der Waals surface area contributed by atoms with E-state index in [9.17, 15) is 13.2 Å². The van der Waals surface area contributed by atoms with Crippen LogP contribution in [0.3, 0.4) is 0 Å². The molecule has 3 rings (SSSR count). The molecule has 8 nitrogen and oxygen atoms in total. The summed E-state index contributed by atoms with van der Waals surface area (Å²) >= 11 is 0. The summed E-state index contributed by atoms with van der Waals surface area (Å²) < 4.78 is 43.1. The van der Waals surface area contributed by atoms with Crippen LogP contribution in [-0.4, -0.2) is 82.7 Å². The number of benzene rings is 1. The molecule has 0 unspecified atom stereocenters. The summed E-state index contributed by atoms with van der Waals surface area (Å²) in [6.07, 6.45) is 2.84. The molecule has 9 heteroatoms. The van der Waals surface area contributed by atoms with Crippen LogP contribution >= 0.6 is 0 Å². The zero-order valence-corrected chi connectivity index (χ0v) is 17.9. The van der Waals surface area contributed by atoms with Gasteiger partial charge in [-0.1, -0.05) is 0 Å². The van der Waals surface area contributed by atoms with E-state index in [1.165, 1.54) is 11.4 Å². The maximum absolute atomic E-state index is 13.0. The fourth-order valence-electron chi connectivity index (χ4n) is 4.12. The molecule has 1 aromatic rings. The third-order valence-electron chi connectivity index (χ3n) is 5.65. The van der Waals surface area contributed by atoms with Crippen molar-refractivity contribution in [2.45, 2.75) is 42.7 Å². The molecule has 2 heterocycles. The minimum absolute atomic E-state index is 0.0167. The van der Waals surface area contributed by atoms with Gasteiger partial charge in [0, 0.05) is 45.5 Å². The minimum Gasteiger partial charge on any atom is -0.497 e. The maximum atomic E-state index is 13.0. The van der Waals surface area contributed by atoms with Gasteiger partial charge in [0.1, 0.15) is 12.4 Å². The van der Waals surface area contributed by atoms with Crippen molar-refractivity contribution in [2.75, 3.05) is 47.1 Å². The van der Waals surface area contributed by atoms with Gasteiger partial charge in [0.15, 0.2) is 0 Å². The molecule has 0 aromatic heterocycles. The minimum atomic E-state index is -3.56. The van der Waals surface area contributed by atoms with Crippen LogP contribution in [0.2, 0.25) is 0 Å². The zero-order valence-electron chi connectivity index (χ0n) is 17.1. The van der Waals surface area contributed by atoms with E-state index < -0.39 is 10.0 Å². The number of hydrogen-bond donors (Lipinski definition) is 0. The Hall–Kier alpha value is -1.68. The van der Waals surface area contributed by atoms with Gasteiger partial charge in [-0.15, -0.1) is 0 Å². The highest BCUT2D eigenvalue weighted by atomic mass is 32.2. The molecule has 2 aliphatic rings. The summed E-state index contributed by atoms with van der Waals surface area (Å²) in [5.41, 5.74) is 0. The molecule has 1 aromatic carbocycles. The van der Waals surface area contributed by atoms with Crippen LogP contribution in [-0.2, 0) is 24.3 Å². The van der Waals surface area contributed by atoms with Crippen molar-refractivity contribution in [3.8, 4) is 5.75 Å². The number of methoxy groups -OCH3 is 2. The van der Waals surface area contributed by atoms with Crippen LogP contribution < -0.4 is 4.74 Å². The summed E-state index contributed by atoms with van der Waals surface area (Å²) in [4.78, 5) is 14.9. The molecular formula is C20H30N2O6S. The lowest BCUT2D eigenvalue weighted by molar-refractivity contribution is -0.143. The van der Waals surface area contributed by atoms with Crippen molar-refractivity contribution in [1.29, 1.82) is 0 Å². The lowest BCUT2D eigenvalue weighted by atomic mass is 9.98. The van der Waals surface area contributed by atoms with Crippen LogP contribution in [0.4, 0.5) is 0 Å². The number of carbonyl (C=O) groups is 1. The third kappa shape index (κ3) is 5.09. The first-order valence-electron chi connectivity index (χ1n) is 9.99. The normalized spacial score (nSPS) is 19.8. The predicted octanol–water partition coefficient (Wildman–Crippen LogP) is 1.50. The second-order valence-corrected chi connectivity index (χ2v) is 9.33. The first-order chi connectivity index (χ1) is 14.0. The van der Waals surface area contributed by atoms with Crippen molar-refractivity contribution < 1.29 is 27.4 Å². The molecule has 0 saturated carbocycles. The Morgan fingerprint density at radius 2 is 1.66 bits per heavy atom. The molecule has 2 saturated heterocycles. The summed E-state index contributed by atoms with van der Waals surface area (Å²) in [5.74, 6) is 0.585. The molecule has 0 bridgehead atoms. The molecule has 2 fully saturated rings. The second kappa shape index (κ2) is 9.88. The van der Waals surface area contributed by atoms with Crippen LogP contribution in [0.1, 0.15) is 25.7 Å². The van der Waals surface area contributed by atoms with Gasteiger partial charge in [0.05, 0.1) is 12.0 Å². The molecule has 0 aliphatic carbocycles. The van der Waals surface area contributed by atoms with Crippen LogP contribution in [0, 0.1) is 0 Å². The van der Waals surface area contributed by atoms with Crippen LogP contribution in [0.15, 0.2) is 29.2 Å². The van der Waals surface area contributed by atoms with Crippen molar-refractivity contribution >= 4 is 15.9 Å². The van der Waals surface area contributed by atoms with Gasteiger partial charge >= 0.3 is 0 Å². The fraction of sp³-hybridized carbons (Fsp3) is 0.650. The van der Waals surface area contributed by atoms with E-state index in [-0.39, 0.29) is 29.5 Å². The number of hydrogen-bond acceptors (Lipinski definition) is 6. The number of amides is 1. The summed E-state index contributed by atoms with van der Waals surface area (Å²) in [6.45, 7) is 2.11. The van der Waals surface area contributed by atoms with Gasteiger partial charge in [-0.25, -0.2) is 8.42 Å². The zero-order chi connectivity index (χ0) is 20.9. The van der Waals surface area contributed by atoms with E-state index in [1.54, 1.807) is 31.4 Å². The lowest BCUT2D eigenvalue weighted by Gasteiger charge is -2.43. The SMILES string of the molecule is COCC(=O)N(C1CCOCC1)C1CCN(S(=O)(=O)c2ccc(OC)cc2)CC1. The van der Waals surface area contributed by atoms with Crippen molar-refractivity contribution in [1.82, 2.24) is 9.21 Å². The molecular weight excluding hydrogens is 396 g/mol. The van der Waals surface area contributed by atoms with E-state index in [0.717, 1.165) is 12.8 Å². The molecule has 162 valence electrons.